The number of nitrogens with one attached hydrogen (secondary N) is 1. The Hall–Kier alpha value is -1.65. The molecular weight excluding hydrogens is 182 g/mol. The summed E-state index contributed by atoms with van der Waals surface area (Å²) in [7, 11) is 0. The van der Waals surface area contributed by atoms with Crippen LogP contribution in [0.15, 0.2) is 12.4 Å². The van der Waals surface area contributed by atoms with E-state index < -0.39 is 5.97 Å². The number of rotatable bonds is 4. The second-order valence-corrected chi connectivity index (χ2v) is 3.42. The zero-order valence-corrected chi connectivity index (χ0v) is 7.60. The number of aromatic nitrogens is 2. The van der Waals surface area contributed by atoms with E-state index in [0.29, 0.717) is 5.95 Å². The molecule has 1 fully saturated rings. The minimum atomic E-state index is -1.00. The van der Waals surface area contributed by atoms with Crippen molar-refractivity contribution in [3.63, 3.8) is 0 Å². The topological polar surface area (TPSA) is 75.1 Å². The van der Waals surface area contributed by atoms with Gasteiger partial charge in [0.15, 0.2) is 0 Å². The van der Waals surface area contributed by atoms with Crippen molar-refractivity contribution < 1.29 is 9.90 Å². The molecule has 14 heavy (non-hydrogen) atoms. The molecular formula is C9H11N3O2. The second-order valence-electron chi connectivity index (χ2n) is 3.42. The summed E-state index contributed by atoms with van der Waals surface area (Å²) in [5.41, 5.74) is 0.113. The van der Waals surface area contributed by atoms with E-state index in [2.05, 4.69) is 15.3 Å². The third-order valence-corrected chi connectivity index (χ3v) is 2.14. The number of aromatic carboxylic acids is 1. The van der Waals surface area contributed by atoms with E-state index in [4.69, 9.17) is 5.11 Å². The number of nitrogens with zero attached hydrogens (tertiary/aromatic N) is 2. The molecule has 2 rings (SSSR count). The molecule has 74 valence electrons. The van der Waals surface area contributed by atoms with Crippen LogP contribution < -0.4 is 5.32 Å². The van der Waals surface area contributed by atoms with Crippen LogP contribution in [-0.4, -0.2) is 27.6 Å². The zero-order chi connectivity index (χ0) is 9.97. The summed E-state index contributed by atoms with van der Waals surface area (Å²) >= 11 is 0. The van der Waals surface area contributed by atoms with Crippen molar-refractivity contribution in [3.8, 4) is 0 Å². The van der Waals surface area contributed by atoms with E-state index >= 15 is 0 Å². The molecule has 0 saturated heterocycles. The van der Waals surface area contributed by atoms with Crippen LogP contribution in [0.4, 0.5) is 5.95 Å². The molecule has 5 heteroatoms. The molecule has 0 bridgehead atoms. The molecule has 0 aromatic carbocycles. The van der Waals surface area contributed by atoms with Gasteiger partial charge in [0.25, 0.3) is 0 Å². The second kappa shape index (κ2) is 3.61. The highest BCUT2D eigenvalue weighted by atomic mass is 16.4. The van der Waals surface area contributed by atoms with E-state index in [0.717, 1.165) is 12.5 Å². The molecule has 1 aliphatic carbocycles. The minimum Gasteiger partial charge on any atom is -0.478 e. The fourth-order valence-corrected chi connectivity index (χ4v) is 1.09. The quantitative estimate of drug-likeness (QED) is 0.746. The fourth-order valence-electron chi connectivity index (χ4n) is 1.09. The van der Waals surface area contributed by atoms with Crippen LogP contribution in [0.1, 0.15) is 23.2 Å². The van der Waals surface area contributed by atoms with Gasteiger partial charge < -0.3 is 10.4 Å². The monoisotopic (exact) mass is 193 g/mol. The van der Waals surface area contributed by atoms with Crippen molar-refractivity contribution in [2.24, 2.45) is 5.92 Å². The highest BCUT2D eigenvalue weighted by Gasteiger charge is 2.20. The van der Waals surface area contributed by atoms with Gasteiger partial charge in [0, 0.05) is 18.9 Å². The maximum absolute atomic E-state index is 10.5. The lowest BCUT2D eigenvalue weighted by molar-refractivity contribution is 0.0696. The third-order valence-electron chi connectivity index (χ3n) is 2.14. The van der Waals surface area contributed by atoms with E-state index in [9.17, 15) is 4.79 Å². The van der Waals surface area contributed by atoms with E-state index in [1.165, 1.54) is 25.2 Å². The predicted molar refractivity (Wildman–Crippen MR) is 50.2 cm³/mol. The van der Waals surface area contributed by atoms with Crippen molar-refractivity contribution >= 4 is 11.9 Å². The molecule has 5 nitrogen and oxygen atoms in total. The Balaban J connectivity index is 1.94. The van der Waals surface area contributed by atoms with Gasteiger partial charge in [0.2, 0.25) is 5.95 Å². The summed E-state index contributed by atoms with van der Waals surface area (Å²) in [6.07, 6.45) is 5.15. The van der Waals surface area contributed by atoms with Gasteiger partial charge in [-0.3, -0.25) is 0 Å². The molecule has 0 amide bonds. The van der Waals surface area contributed by atoms with Gasteiger partial charge in [-0.15, -0.1) is 0 Å². The van der Waals surface area contributed by atoms with E-state index in [-0.39, 0.29) is 5.56 Å². The largest absolute Gasteiger partial charge is 0.478 e. The molecule has 0 radical (unpaired) electrons. The van der Waals surface area contributed by atoms with Gasteiger partial charge in [0.05, 0.1) is 5.56 Å². The molecule has 0 spiro atoms. The van der Waals surface area contributed by atoms with Crippen LogP contribution in [0.3, 0.4) is 0 Å². The Bertz CT molecular complexity index is 332. The van der Waals surface area contributed by atoms with Gasteiger partial charge in [0.1, 0.15) is 0 Å². The number of carboxylic acids is 1. The first-order valence-electron chi connectivity index (χ1n) is 4.55. The van der Waals surface area contributed by atoms with E-state index in [1.807, 2.05) is 0 Å². The highest BCUT2D eigenvalue weighted by molar-refractivity contribution is 5.86. The summed E-state index contributed by atoms with van der Waals surface area (Å²) in [5.74, 6) is 0.249. The van der Waals surface area contributed by atoms with E-state index in [1.54, 1.807) is 0 Å². The number of carboxylic acid groups (broad SMARTS) is 1. The molecule has 1 aromatic heterocycles. The van der Waals surface area contributed by atoms with Crippen molar-refractivity contribution in [2.45, 2.75) is 12.8 Å². The van der Waals surface area contributed by atoms with Gasteiger partial charge in [-0.2, -0.15) is 0 Å². The van der Waals surface area contributed by atoms with Gasteiger partial charge >= 0.3 is 5.97 Å². The van der Waals surface area contributed by atoms with Gasteiger partial charge in [-0.25, -0.2) is 14.8 Å². The maximum Gasteiger partial charge on any atom is 0.338 e. The van der Waals surface area contributed by atoms with Crippen LogP contribution in [0, 0.1) is 5.92 Å². The lowest BCUT2D eigenvalue weighted by Gasteiger charge is -2.02. The third kappa shape index (κ3) is 2.18. The summed E-state index contributed by atoms with van der Waals surface area (Å²) < 4.78 is 0. The first kappa shape index (κ1) is 8.93. The maximum atomic E-state index is 10.5. The Kier molecular flexibility index (Phi) is 2.30. The Labute approximate surface area is 81.2 Å². The molecule has 2 N–H and O–H groups in total. The summed E-state index contributed by atoms with van der Waals surface area (Å²) in [6, 6.07) is 0. The first-order chi connectivity index (χ1) is 6.75. The standard InChI is InChI=1S/C9H11N3O2/c13-8(14)7-4-11-9(12-5-7)10-3-6-1-2-6/h4-6H,1-3H2,(H,13,14)(H,10,11,12). The predicted octanol–water partition coefficient (Wildman–Crippen LogP) is 0.997. The van der Waals surface area contributed by atoms with Crippen molar-refractivity contribution in [1.29, 1.82) is 0 Å². The van der Waals surface area contributed by atoms with Gasteiger partial charge in [-0.05, 0) is 18.8 Å². The zero-order valence-electron chi connectivity index (χ0n) is 7.60. The number of anilines is 1. The normalized spacial score (nSPS) is 15.1. The molecule has 1 heterocycles. The first-order valence-corrected chi connectivity index (χ1v) is 4.55. The van der Waals surface area contributed by atoms with Crippen molar-refractivity contribution in [1.82, 2.24) is 9.97 Å². The lowest BCUT2D eigenvalue weighted by atomic mass is 10.3. The average Bonchev–Trinajstić information content (AvgIpc) is 2.99. The minimum absolute atomic E-state index is 0.113. The Morgan fingerprint density at radius 3 is 2.64 bits per heavy atom. The molecule has 0 aliphatic heterocycles. The van der Waals surface area contributed by atoms with Crippen LogP contribution in [-0.2, 0) is 0 Å². The number of carbonyl (C=O) groups is 1. The summed E-state index contributed by atoms with van der Waals surface area (Å²) in [6.45, 7) is 0.881. The fraction of sp³-hybridized carbons (Fsp3) is 0.444. The van der Waals surface area contributed by atoms with Crippen molar-refractivity contribution in [3.05, 3.63) is 18.0 Å². The molecule has 1 aromatic rings. The lowest BCUT2D eigenvalue weighted by Crippen LogP contribution is -2.08. The van der Waals surface area contributed by atoms with Crippen LogP contribution in [0.2, 0.25) is 0 Å². The number of hydrogen-bond acceptors (Lipinski definition) is 4. The smallest absolute Gasteiger partial charge is 0.338 e. The van der Waals surface area contributed by atoms with Crippen LogP contribution in [0.5, 0.6) is 0 Å². The average molecular weight is 193 g/mol. The molecule has 0 atom stereocenters. The molecule has 1 saturated carbocycles. The van der Waals surface area contributed by atoms with Crippen LogP contribution in [0.25, 0.3) is 0 Å². The van der Waals surface area contributed by atoms with Crippen LogP contribution >= 0.6 is 0 Å². The van der Waals surface area contributed by atoms with Crippen molar-refractivity contribution in [2.75, 3.05) is 11.9 Å². The van der Waals surface area contributed by atoms with Gasteiger partial charge in [-0.1, -0.05) is 0 Å². The Morgan fingerprint density at radius 2 is 2.14 bits per heavy atom. The SMILES string of the molecule is O=C(O)c1cnc(NCC2CC2)nc1. The molecule has 0 unspecified atom stereocenters. The summed E-state index contributed by atoms with van der Waals surface area (Å²) in [5, 5.41) is 11.7. The Morgan fingerprint density at radius 1 is 1.50 bits per heavy atom. The number of hydrogen-bond donors (Lipinski definition) is 2. The molecule has 1 aliphatic rings. The highest BCUT2D eigenvalue weighted by Crippen LogP contribution is 2.28. The summed E-state index contributed by atoms with van der Waals surface area (Å²) in [4.78, 5) is 18.3.